The van der Waals surface area contributed by atoms with E-state index in [-0.39, 0.29) is 35.2 Å². The normalized spacial score (nSPS) is 3.60. The zero-order valence-corrected chi connectivity index (χ0v) is 5.37. The Kier molecular flexibility index (Phi) is 81.2. The first kappa shape index (κ1) is 17.5. The molecule has 0 atom stereocenters. The Bertz CT molecular complexity index is 7.61. The van der Waals surface area contributed by atoms with Gasteiger partial charge < -0.3 is 18.9 Å². The van der Waals surface area contributed by atoms with Crippen molar-refractivity contribution < 1.29 is 21.1 Å². The van der Waals surface area contributed by atoms with Crippen LogP contribution in [0.2, 0.25) is 0 Å². The summed E-state index contributed by atoms with van der Waals surface area (Å²) in [5.41, 5.74) is 10.5. The molecule has 0 aromatic rings. The Hall–Kier alpha value is 0.608. The van der Waals surface area contributed by atoms with Crippen LogP contribution in [0, 0.1) is 7.43 Å². The molecule has 3 N–H and O–H groups in total. The summed E-state index contributed by atoms with van der Waals surface area (Å²) in [5.74, 6) is 0. The summed E-state index contributed by atoms with van der Waals surface area (Å²) in [7, 11) is 0. The van der Waals surface area contributed by atoms with E-state index in [1.165, 1.54) is 0 Å². The monoisotopic (exact) mass is 255 g/mol. The fraction of sp³-hybridized carbons (Fsp3) is 0.500. The van der Waals surface area contributed by atoms with E-state index in [2.05, 4.69) is 5.73 Å². The summed E-state index contributed by atoms with van der Waals surface area (Å²) < 4.78 is 0. The van der Waals surface area contributed by atoms with E-state index in [0.29, 0.717) is 0 Å². The number of hydrogen-bond acceptors (Lipinski definition) is 1. The molecule has 5 heavy (non-hydrogen) atoms. The van der Waals surface area contributed by atoms with E-state index in [0.717, 1.165) is 0 Å². The standard InChI is InChI=1S/CH5N2.CH3.Pt/c2-1-3;;/h2H,1,3H2;1H3;/q2*-1;+2. The molecule has 0 unspecified atom stereocenters. The average molecular weight is 255 g/mol. The molecule has 0 amide bonds. The molecule has 0 aromatic carbocycles. The van der Waals surface area contributed by atoms with Crippen molar-refractivity contribution in [1.29, 1.82) is 0 Å². The van der Waals surface area contributed by atoms with Gasteiger partial charge in [-0.3, -0.25) is 0 Å². The molecule has 0 aliphatic rings. The van der Waals surface area contributed by atoms with Gasteiger partial charge in [0.15, 0.2) is 0 Å². The van der Waals surface area contributed by atoms with Crippen molar-refractivity contribution in [2.75, 3.05) is 6.67 Å². The van der Waals surface area contributed by atoms with Gasteiger partial charge in [0.2, 0.25) is 0 Å². The van der Waals surface area contributed by atoms with Crippen molar-refractivity contribution in [2.45, 2.75) is 0 Å². The molecule has 0 spiro atoms. The Morgan fingerprint density at radius 1 is 1.60 bits per heavy atom. The van der Waals surface area contributed by atoms with Crippen LogP contribution in [0.3, 0.4) is 0 Å². The van der Waals surface area contributed by atoms with E-state index >= 15 is 0 Å². The second-order valence-electron chi connectivity index (χ2n) is 0.204. The van der Waals surface area contributed by atoms with Crippen molar-refractivity contribution in [3.8, 4) is 0 Å². The SMILES string of the molecule is [CH3-].[NH-]CN.[Pt+2]. The fourth-order valence-electron chi connectivity index (χ4n) is 0. The van der Waals surface area contributed by atoms with Gasteiger partial charge in [-0.2, -0.15) is 0 Å². The summed E-state index contributed by atoms with van der Waals surface area (Å²) in [5, 5.41) is 0. The van der Waals surface area contributed by atoms with Gasteiger partial charge in [0.05, 0.1) is 0 Å². The van der Waals surface area contributed by atoms with Gasteiger partial charge in [-0.15, -0.1) is 6.67 Å². The number of nitrogens with one attached hydrogen (secondary N) is 1. The topological polar surface area (TPSA) is 49.8 Å². The van der Waals surface area contributed by atoms with Crippen molar-refractivity contribution in [3.63, 3.8) is 0 Å². The minimum absolute atomic E-state index is 0. The molecule has 0 aromatic heterocycles. The maximum absolute atomic E-state index is 5.99. The zero-order valence-electron chi connectivity index (χ0n) is 3.10. The van der Waals surface area contributed by atoms with Gasteiger partial charge in [0.1, 0.15) is 0 Å². The Morgan fingerprint density at radius 3 is 1.60 bits per heavy atom. The van der Waals surface area contributed by atoms with Crippen LogP contribution in [0.25, 0.3) is 5.73 Å². The Labute approximate surface area is 47.2 Å². The molecule has 0 rings (SSSR count). The van der Waals surface area contributed by atoms with Gasteiger partial charge in [0, 0.05) is 0 Å². The predicted molar refractivity (Wildman–Crippen MR) is 19.8 cm³/mol. The van der Waals surface area contributed by atoms with Crippen LogP contribution < -0.4 is 5.73 Å². The van der Waals surface area contributed by atoms with Crippen molar-refractivity contribution >= 4 is 0 Å². The van der Waals surface area contributed by atoms with E-state index in [4.69, 9.17) is 5.73 Å². The van der Waals surface area contributed by atoms with E-state index < -0.39 is 0 Å². The first-order valence-corrected chi connectivity index (χ1v) is 0.762. The van der Waals surface area contributed by atoms with Crippen LogP contribution >= 0.6 is 0 Å². The quantitative estimate of drug-likeness (QED) is 0.626. The fourth-order valence-corrected chi connectivity index (χ4v) is 0. The maximum Gasteiger partial charge on any atom is 2.00 e. The molecule has 0 radical (unpaired) electrons. The zero-order chi connectivity index (χ0) is 2.71. The molecular formula is C2H8N2Pt. The minimum atomic E-state index is 0. The molecule has 0 aliphatic heterocycles. The van der Waals surface area contributed by atoms with Crippen LogP contribution in [-0.2, 0) is 21.1 Å². The first-order valence-electron chi connectivity index (χ1n) is 0.762. The molecule has 3 heteroatoms. The molecule has 36 valence electrons. The smallest absolute Gasteiger partial charge is 0.665 e. The van der Waals surface area contributed by atoms with Crippen molar-refractivity contribution in [3.05, 3.63) is 13.2 Å². The van der Waals surface area contributed by atoms with Crippen LogP contribution in [0.4, 0.5) is 0 Å². The first-order chi connectivity index (χ1) is 1.41. The van der Waals surface area contributed by atoms with E-state index in [1.54, 1.807) is 0 Å². The second-order valence-corrected chi connectivity index (χ2v) is 0.204. The Morgan fingerprint density at radius 2 is 1.60 bits per heavy atom. The average Bonchev–Trinajstić information content (AvgIpc) is 0.918. The number of rotatable bonds is 0. The number of hydrogen-bond donors (Lipinski definition) is 1. The van der Waals surface area contributed by atoms with Gasteiger partial charge in [-0.25, -0.2) is 0 Å². The van der Waals surface area contributed by atoms with Crippen LogP contribution in [-0.4, -0.2) is 6.67 Å². The molecule has 0 fully saturated rings. The molecular weight excluding hydrogens is 247 g/mol. The molecule has 0 saturated carbocycles. The maximum atomic E-state index is 5.99. The summed E-state index contributed by atoms with van der Waals surface area (Å²) in [6, 6.07) is 0. The van der Waals surface area contributed by atoms with Gasteiger partial charge in [0.25, 0.3) is 0 Å². The summed E-state index contributed by atoms with van der Waals surface area (Å²) in [6.07, 6.45) is 0. The van der Waals surface area contributed by atoms with Gasteiger partial charge in [-0.1, -0.05) is 0 Å². The molecule has 2 nitrogen and oxygen atoms in total. The van der Waals surface area contributed by atoms with Gasteiger partial charge in [-0.05, 0) is 0 Å². The largest absolute Gasteiger partial charge is 2.00 e. The summed E-state index contributed by atoms with van der Waals surface area (Å²) in [6.45, 7) is 0. The van der Waals surface area contributed by atoms with E-state index in [9.17, 15) is 0 Å². The van der Waals surface area contributed by atoms with Crippen LogP contribution in [0.5, 0.6) is 0 Å². The molecule has 0 saturated heterocycles. The molecule has 0 aliphatic carbocycles. The molecule has 0 heterocycles. The van der Waals surface area contributed by atoms with Crippen LogP contribution in [0.1, 0.15) is 0 Å². The number of nitrogens with two attached hydrogens (primary N) is 1. The third-order valence-electron chi connectivity index (χ3n) is 0. The minimum Gasteiger partial charge on any atom is -0.665 e. The summed E-state index contributed by atoms with van der Waals surface area (Å²) in [4.78, 5) is 0. The molecule has 0 bridgehead atoms. The second kappa shape index (κ2) is 23.2. The summed E-state index contributed by atoms with van der Waals surface area (Å²) >= 11 is 0. The van der Waals surface area contributed by atoms with Crippen molar-refractivity contribution in [2.24, 2.45) is 5.73 Å². The predicted octanol–water partition coefficient (Wildman–Crippen LogP) is 0.403. The van der Waals surface area contributed by atoms with Crippen LogP contribution in [0.15, 0.2) is 0 Å². The third-order valence-corrected chi connectivity index (χ3v) is 0. The van der Waals surface area contributed by atoms with Crippen molar-refractivity contribution in [1.82, 2.24) is 0 Å². The third kappa shape index (κ3) is 84.7. The Balaban J connectivity index is -0.0000000200. The van der Waals surface area contributed by atoms with Gasteiger partial charge >= 0.3 is 21.1 Å². The van der Waals surface area contributed by atoms with E-state index in [1.807, 2.05) is 0 Å².